The van der Waals surface area contributed by atoms with Crippen LogP contribution in [0.15, 0.2) is 18.2 Å². The highest BCUT2D eigenvalue weighted by Crippen LogP contribution is 2.26. The fourth-order valence-corrected chi connectivity index (χ4v) is 2.16. The van der Waals surface area contributed by atoms with E-state index in [0.29, 0.717) is 6.61 Å². The highest BCUT2D eigenvalue weighted by atomic mass is 35.5. The molecule has 1 aromatic carbocycles. The number of nitrogens with one attached hydrogen (secondary N) is 1. The molecule has 0 aromatic heterocycles. The normalized spacial score (nSPS) is 10.7. The number of benzene rings is 1. The maximum absolute atomic E-state index is 6.35. The second kappa shape index (κ2) is 8.35. The van der Waals surface area contributed by atoms with Crippen molar-refractivity contribution in [2.24, 2.45) is 0 Å². The predicted molar refractivity (Wildman–Crippen MR) is 78.6 cm³/mol. The fraction of sp³-hybridized carbons (Fsp3) is 0.571. The Kier molecular flexibility index (Phi) is 7.09. The van der Waals surface area contributed by atoms with Crippen molar-refractivity contribution < 1.29 is 4.74 Å². The lowest BCUT2D eigenvalue weighted by molar-refractivity contribution is 0.205. The molecule has 0 aliphatic rings. The van der Waals surface area contributed by atoms with E-state index in [1.807, 2.05) is 6.07 Å². The van der Waals surface area contributed by atoms with Gasteiger partial charge in [-0.1, -0.05) is 24.6 Å². The van der Waals surface area contributed by atoms with Gasteiger partial charge in [0.15, 0.2) is 0 Å². The summed E-state index contributed by atoms with van der Waals surface area (Å²) in [6, 6.07) is 6.25. The highest BCUT2D eigenvalue weighted by Gasteiger charge is 2.09. The summed E-state index contributed by atoms with van der Waals surface area (Å²) in [4.78, 5) is 2.23. The van der Waals surface area contributed by atoms with Crippen LogP contribution in [0.5, 0.6) is 0 Å². The van der Waals surface area contributed by atoms with Gasteiger partial charge < -0.3 is 15.0 Å². The van der Waals surface area contributed by atoms with E-state index >= 15 is 0 Å². The Labute approximate surface area is 115 Å². The maximum atomic E-state index is 6.35. The standard InChI is InChI=1S/C14H23ClN2O/c1-4-16-11-12-6-7-14(13(15)10-12)17(5-2)8-9-18-3/h6-7,10,16H,4-5,8-9,11H2,1-3H3. The van der Waals surface area contributed by atoms with Crippen LogP contribution in [0.4, 0.5) is 5.69 Å². The zero-order valence-electron chi connectivity index (χ0n) is 11.5. The van der Waals surface area contributed by atoms with Crippen LogP contribution in [-0.4, -0.2) is 33.4 Å². The molecule has 4 heteroatoms. The molecule has 1 N–H and O–H groups in total. The van der Waals surface area contributed by atoms with E-state index in [1.165, 1.54) is 5.56 Å². The third-order valence-electron chi connectivity index (χ3n) is 2.88. The molecule has 0 heterocycles. The first-order valence-corrected chi connectivity index (χ1v) is 6.83. The molecule has 0 unspecified atom stereocenters. The number of hydrogen-bond donors (Lipinski definition) is 1. The van der Waals surface area contributed by atoms with Crippen LogP contribution in [0.1, 0.15) is 19.4 Å². The molecule has 0 atom stereocenters. The molecule has 0 saturated carbocycles. The number of hydrogen-bond acceptors (Lipinski definition) is 3. The van der Waals surface area contributed by atoms with Gasteiger partial charge in [-0.15, -0.1) is 0 Å². The summed E-state index contributed by atoms with van der Waals surface area (Å²) >= 11 is 6.35. The minimum absolute atomic E-state index is 0.712. The topological polar surface area (TPSA) is 24.5 Å². The van der Waals surface area contributed by atoms with Crippen LogP contribution in [0.3, 0.4) is 0 Å². The Hall–Kier alpha value is -0.770. The van der Waals surface area contributed by atoms with Crippen molar-refractivity contribution >= 4 is 17.3 Å². The lowest BCUT2D eigenvalue weighted by atomic mass is 10.2. The van der Waals surface area contributed by atoms with Gasteiger partial charge in [0.25, 0.3) is 0 Å². The van der Waals surface area contributed by atoms with Crippen LogP contribution < -0.4 is 10.2 Å². The first-order chi connectivity index (χ1) is 8.72. The average molecular weight is 271 g/mol. The van der Waals surface area contributed by atoms with E-state index < -0.39 is 0 Å². The van der Waals surface area contributed by atoms with Crippen molar-refractivity contribution in [1.29, 1.82) is 0 Å². The van der Waals surface area contributed by atoms with Crippen LogP contribution in [0.2, 0.25) is 5.02 Å². The Morgan fingerprint density at radius 2 is 2.11 bits per heavy atom. The van der Waals surface area contributed by atoms with Gasteiger partial charge in [0, 0.05) is 26.7 Å². The van der Waals surface area contributed by atoms with Crippen molar-refractivity contribution in [2.45, 2.75) is 20.4 Å². The van der Waals surface area contributed by atoms with Gasteiger partial charge in [0.05, 0.1) is 17.3 Å². The zero-order valence-corrected chi connectivity index (χ0v) is 12.3. The first-order valence-electron chi connectivity index (χ1n) is 6.45. The van der Waals surface area contributed by atoms with Gasteiger partial charge in [-0.2, -0.15) is 0 Å². The second-order valence-corrected chi connectivity index (χ2v) is 4.55. The molecule has 0 bridgehead atoms. The molecule has 18 heavy (non-hydrogen) atoms. The molecule has 0 saturated heterocycles. The van der Waals surface area contributed by atoms with Crippen LogP contribution in [0.25, 0.3) is 0 Å². The number of anilines is 1. The number of nitrogens with zero attached hydrogens (tertiary/aromatic N) is 1. The molecule has 3 nitrogen and oxygen atoms in total. The predicted octanol–water partition coefficient (Wildman–Crippen LogP) is 2.92. The molecule has 0 fully saturated rings. The average Bonchev–Trinajstić information content (AvgIpc) is 2.39. The molecule has 1 rings (SSSR count). The fourth-order valence-electron chi connectivity index (χ4n) is 1.84. The monoisotopic (exact) mass is 270 g/mol. The molecular formula is C14H23ClN2O. The smallest absolute Gasteiger partial charge is 0.0642 e. The highest BCUT2D eigenvalue weighted by molar-refractivity contribution is 6.33. The molecule has 102 valence electrons. The Morgan fingerprint density at radius 3 is 2.67 bits per heavy atom. The van der Waals surface area contributed by atoms with Crippen molar-refractivity contribution in [1.82, 2.24) is 5.32 Å². The summed E-state index contributed by atoms with van der Waals surface area (Å²) in [5.74, 6) is 0. The molecule has 0 aliphatic heterocycles. The Balaban J connectivity index is 2.75. The van der Waals surface area contributed by atoms with E-state index in [-0.39, 0.29) is 0 Å². The number of rotatable bonds is 8. The summed E-state index contributed by atoms with van der Waals surface area (Å²) in [7, 11) is 1.72. The first kappa shape index (κ1) is 15.3. The van der Waals surface area contributed by atoms with E-state index in [1.54, 1.807) is 7.11 Å². The minimum atomic E-state index is 0.712. The Bertz CT molecular complexity index is 358. The third kappa shape index (κ3) is 4.48. The summed E-state index contributed by atoms with van der Waals surface area (Å²) in [6.45, 7) is 8.55. The van der Waals surface area contributed by atoms with Gasteiger partial charge in [0.2, 0.25) is 0 Å². The van der Waals surface area contributed by atoms with Crippen molar-refractivity contribution in [3.63, 3.8) is 0 Å². The number of ether oxygens (including phenoxy) is 1. The van der Waals surface area contributed by atoms with E-state index in [4.69, 9.17) is 16.3 Å². The summed E-state index contributed by atoms with van der Waals surface area (Å²) in [5.41, 5.74) is 2.30. The molecule has 0 aliphatic carbocycles. The van der Waals surface area contributed by atoms with Crippen LogP contribution in [-0.2, 0) is 11.3 Å². The number of methoxy groups -OCH3 is 1. The van der Waals surface area contributed by atoms with Crippen LogP contribution >= 0.6 is 11.6 Å². The minimum Gasteiger partial charge on any atom is -0.383 e. The van der Waals surface area contributed by atoms with E-state index in [0.717, 1.165) is 36.9 Å². The number of likely N-dealkylation sites (N-methyl/N-ethyl adjacent to an activating group) is 1. The quantitative estimate of drug-likeness (QED) is 0.786. The second-order valence-electron chi connectivity index (χ2n) is 4.14. The van der Waals surface area contributed by atoms with Gasteiger partial charge in [-0.05, 0) is 31.2 Å². The summed E-state index contributed by atoms with van der Waals surface area (Å²) < 4.78 is 5.12. The largest absolute Gasteiger partial charge is 0.383 e. The van der Waals surface area contributed by atoms with Gasteiger partial charge in [0.1, 0.15) is 0 Å². The summed E-state index contributed by atoms with van der Waals surface area (Å²) in [6.07, 6.45) is 0. The Morgan fingerprint density at radius 1 is 1.33 bits per heavy atom. The van der Waals surface area contributed by atoms with Crippen LogP contribution in [0, 0.1) is 0 Å². The lowest BCUT2D eigenvalue weighted by Crippen LogP contribution is -2.27. The summed E-state index contributed by atoms with van der Waals surface area (Å²) in [5, 5.41) is 4.11. The lowest BCUT2D eigenvalue weighted by Gasteiger charge is -2.24. The molecular weight excluding hydrogens is 248 g/mol. The maximum Gasteiger partial charge on any atom is 0.0642 e. The number of halogens is 1. The van der Waals surface area contributed by atoms with Crippen molar-refractivity contribution in [3.8, 4) is 0 Å². The van der Waals surface area contributed by atoms with Crippen molar-refractivity contribution in [3.05, 3.63) is 28.8 Å². The zero-order chi connectivity index (χ0) is 13.4. The van der Waals surface area contributed by atoms with E-state index in [9.17, 15) is 0 Å². The molecule has 1 aromatic rings. The SMILES string of the molecule is CCNCc1ccc(N(CC)CCOC)c(Cl)c1. The van der Waals surface area contributed by atoms with Gasteiger partial charge in [-0.3, -0.25) is 0 Å². The van der Waals surface area contributed by atoms with Gasteiger partial charge in [-0.25, -0.2) is 0 Å². The molecule has 0 spiro atoms. The van der Waals surface area contributed by atoms with Gasteiger partial charge >= 0.3 is 0 Å². The van der Waals surface area contributed by atoms with Crippen molar-refractivity contribution in [2.75, 3.05) is 38.3 Å². The molecule has 0 amide bonds. The molecule has 0 radical (unpaired) electrons. The van der Waals surface area contributed by atoms with E-state index in [2.05, 4.69) is 36.2 Å². The third-order valence-corrected chi connectivity index (χ3v) is 3.18.